The fourth-order valence-electron chi connectivity index (χ4n) is 5.34. The third-order valence-corrected chi connectivity index (χ3v) is 7.41. The predicted molar refractivity (Wildman–Crippen MR) is 122 cm³/mol. The molecule has 5 rings (SSSR count). The second-order valence-electron chi connectivity index (χ2n) is 10.1. The lowest BCUT2D eigenvalue weighted by atomic mass is 9.81. The summed E-state index contributed by atoms with van der Waals surface area (Å²) in [7, 11) is 0. The molecule has 6 nitrogen and oxygen atoms in total. The Hall–Kier alpha value is -3.50. The first-order chi connectivity index (χ1) is 16.8. The smallest absolute Gasteiger partial charge is 0.383 e. The van der Waals surface area contributed by atoms with E-state index in [2.05, 4.69) is 10.1 Å². The summed E-state index contributed by atoms with van der Waals surface area (Å²) in [6, 6.07) is 5.79. The predicted octanol–water partition coefficient (Wildman–Crippen LogP) is 4.68. The highest BCUT2D eigenvalue weighted by atomic mass is 19.4. The van der Waals surface area contributed by atoms with Crippen LogP contribution in [0.5, 0.6) is 0 Å². The van der Waals surface area contributed by atoms with Gasteiger partial charge in [0.2, 0.25) is 5.91 Å². The summed E-state index contributed by atoms with van der Waals surface area (Å²) in [6.07, 6.45) is -2.01. The molecule has 2 aliphatic rings. The minimum absolute atomic E-state index is 0.203. The van der Waals surface area contributed by atoms with Crippen molar-refractivity contribution in [2.45, 2.75) is 50.2 Å². The summed E-state index contributed by atoms with van der Waals surface area (Å²) in [5, 5.41) is 4.50. The van der Waals surface area contributed by atoms with Gasteiger partial charge < -0.3 is 10.6 Å². The highest BCUT2D eigenvalue weighted by Crippen LogP contribution is 2.45. The van der Waals surface area contributed by atoms with Crippen molar-refractivity contribution in [1.29, 1.82) is 0 Å². The highest BCUT2D eigenvalue weighted by Gasteiger charge is 2.49. The van der Waals surface area contributed by atoms with Crippen molar-refractivity contribution in [3.05, 3.63) is 65.0 Å². The molecular weight excluding hydrogens is 481 g/mol. The van der Waals surface area contributed by atoms with Crippen LogP contribution >= 0.6 is 0 Å². The Balaban J connectivity index is 1.41. The number of aryl methyl sites for hydroxylation is 1. The maximum Gasteiger partial charge on any atom is 0.419 e. The molecule has 1 spiro atoms. The van der Waals surface area contributed by atoms with Crippen molar-refractivity contribution in [3.8, 4) is 11.3 Å². The van der Waals surface area contributed by atoms with Crippen molar-refractivity contribution in [2.75, 3.05) is 18.8 Å². The fourth-order valence-corrected chi connectivity index (χ4v) is 5.34. The molecule has 1 amide bonds. The first-order valence-electron chi connectivity index (χ1n) is 11.5. The molecular formula is C25H24F5N5O. The standard InChI is InChI=1S/C25H24F5N5O/c1-23(2,15-8-16(26)10-17(27)9-15)22(36)34-5-3-24(13-34)4-6-35-20(24)11-19(33-35)14-7-18(25(28,29)30)21(31)32-12-14/h7-12H,3-6,13H2,1-2H3,(H2,31,32). The van der Waals surface area contributed by atoms with Gasteiger partial charge in [0.25, 0.3) is 0 Å². The van der Waals surface area contributed by atoms with Crippen molar-refractivity contribution in [2.24, 2.45) is 0 Å². The number of anilines is 1. The van der Waals surface area contributed by atoms with Crippen LogP contribution in [-0.2, 0) is 28.3 Å². The maximum absolute atomic E-state index is 13.8. The average molecular weight is 505 g/mol. The molecule has 2 N–H and O–H groups in total. The number of alkyl halides is 3. The monoisotopic (exact) mass is 505 g/mol. The normalized spacial score (nSPS) is 19.8. The molecule has 0 radical (unpaired) electrons. The number of carbonyl (C=O) groups is 1. The Morgan fingerprint density at radius 2 is 1.69 bits per heavy atom. The van der Waals surface area contributed by atoms with E-state index < -0.39 is 40.0 Å². The van der Waals surface area contributed by atoms with Gasteiger partial charge in [-0.05, 0) is 56.5 Å². The van der Waals surface area contributed by atoms with E-state index in [9.17, 15) is 26.7 Å². The molecule has 1 unspecified atom stereocenters. The van der Waals surface area contributed by atoms with Crippen LogP contribution in [0.15, 0.2) is 36.5 Å². The number of nitrogens with zero attached hydrogens (tertiary/aromatic N) is 4. The van der Waals surface area contributed by atoms with Crippen LogP contribution in [0.2, 0.25) is 0 Å². The number of hydrogen-bond acceptors (Lipinski definition) is 4. The van der Waals surface area contributed by atoms with Crippen LogP contribution in [-0.4, -0.2) is 38.7 Å². The van der Waals surface area contributed by atoms with Crippen LogP contribution in [0.25, 0.3) is 11.3 Å². The molecule has 3 aromatic rings. The van der Waals surface area contributed by atoms with Gasteiger partial charge in [-0.15, -0.1) is 0 Å². The highest BCUT2D eigenvalue weighted by molar-refractivity contribution is 5.88. The Bertz CT molecular complexity index is 1350. The molecule has 1 aromatic carbocycles. The number of fused-ring (bicyclic) bond motifs is 2. The molecule has 0 bridgehead atoms. The lowest BCUT2D eigenvalue weighted by Gasteiger charge is -2.31. The second-order valence-corrected chi connectivity index (χ2v) is 10.1. The van der Waals surface area contributed by atoms with Gasteiger partial charge in [0, 0.05) is 48.6 Å². The van der Waals surface area contributed by atoms with E-state index in [1.807, 2.05) is 0 Å². The van der Waals surface area contributed by atoms with Gasteiger partial charge >= 0.3 is 6.18 Å². The van der Waals surface area contributed by atoms with Crippen molar-refractivity contribution in [3.63, 3.8) is 0 Å². The number of halogens is 5. The van der Waals surface area contributed by atoms with Gasteiger partial charge in [-0.25, -0.2) is 13.8 Å². The summed E-state index contributed by atoms with van der Waals surface area (Å²) in [6.45, 7) is 4.66. The number of carbonyl (C=O) groups excluding carboxylic acids is 1. The van der Waals surface area contributed by atoms with Crippen LogP contribution in [0.3, 0.4) is 0 Å². The van der Waals surface area contributed by atoms with Gasteiger partial charge in [0.05, 0.1) is 16.7 Å². The number of benzene rings is 1. The molecule has 11 heteroatoms. The summed E-state index contributed by atoms with van der Waals surface area (Å²) in [5.74, 6) is -2.34. The molecule has 0 saturated carbocycles. The minimum atomic E-state index is -4.64. The van der Waals surface area contributed by atoms with E-state index >= 15 is 0 Å². The Morgan fingerprint density at radius 1 is 1.03 bits per heavy atom. The molecule has 36 heavy (non-hydrogen) atoms. The van der Waals surface area contributed by atoms with E-state index in [1.54, 1.807) is 29.5 Å². The number of amides is 1. The molecule has 190 valence electrons. The third kappa shape index (κ3) is 3.90. The molecule has 1 saturated heterocycles. The van der Waals surface area contributed by atoms with Gasteiger partial charge in [-0.2, -0.15) is 18.3 Å². The fraction of sp³-hybridized carbons (Fsp3) is 0.400. The van der Waals surface area contributed by atoms with Gasteiger partial charge in [0.1, 0.15) is 17.5 Å². The molecule has 2 aliphatic heterocycles. The number of hydrogen-bond donors (Lipinski definition) is 1. The van der Waals surface area contributed by atoms with E-state index in [-0.39, 0.29) is 17.0 Å². The second kappa shape index (κ2) is 8.01. The Morgan fingerprint density at radius 3 is 2.36 bits per heavy atom. The largest absolute Gasteiger partial charge is 0.419 e. The van der Waals surface area contributed by atoms with Crippen LogP contribution < -0.4 is 5.73 Å². The van der Waals surface area contributed by atoms with E-state index in [4.69, 9.17) is 5.73 Å². The zero-order valence-electron chi connectivity index (χ0n) is 19.7. The molecule has 0 aliphatic carbocycles. The van der Waals surface area contributed by atoms with E-state index in [0.29, 0.717) is 31.7 Å². The third-order valence-electron chi connectivity index (χ3n) is 7.41. The number of likely N-dealkylation sites (tertiary alicyclic amines) is 1. The summed E-state index contributed by atoms with van der Waals surface area (Å²) < 4.78 is 69.3. The topological polar surface area (TPSA) is 77.0 Å². The average Bonchev–Trinajstić information content (AvgIpc) is 3.49. The first-order valence-corrected chi connectivity index (χ1v) is 11.5. The molecule has 1 atom stereocenters. The zero-order valence-corrected chi connectivity index (χ0v) is 19.7. The van der Waals surface area contributed by atoms with Crippen LogP contribution in [0.1, 0.15) is 43.5 Å². The Labute approximate surface area is 203 Å². The summed E-state index contributed by atoms with van der Waals surface area (Å²) >= 11 is 0. The van der Waals surface area contributed by atoms with E-state index in [1.165, 1.54) is 18.3 Å². The van der Waals surface area contributed by atoms with Crippen molar-refractivity contribution >= 4 is 11.7 Å². The lowest BCUT2D eigenvalue weighted by Crippen LogP contribution is -2.43. The molecule has 2 aromatic heterocycles. The summed E-state index contributed by atoms with van der Waals surface area (Å²) in [5.41, 5.74) is 4.49. The Kier molecular flexibility index (Phi) is 5.38. The SMILES string of the molecule is CC(C)(C(=O)N1CCC2(CCn3nc(-c4cnc(N)c(C(F)(F)F)c4)cc32)C1)c1cc(F)cc(F)c1. The van der Waals surface area contributed by atoms with Gasteiger partial charge in [0.15, 0.2) is 0 Å². The quantitative estimate of drug-likeness (QED) is 0.525. The zero-order chi connectivity index (χ0) is 26.0. The maximum atomic E-state index is 13.8. The van der Waals surface area contributed by atoms with Gasteiger partial charge in [-0.1, -0.05) is 0 Å². The van der Waals surface area contributed by atoms with Crippen LogP contribution in [0.4, 0.5) is 27.8 Å². The molecule has 4 heterocycles. The number of pyridine rings is 1. The summed E-state index contributed by atoms with van der Waals surface area (Å²) in [4.78, 5) is 18.9. The number of rotatable bonds is 3. The van der Waals surface area contributed by atoms with Gasteiger partial charge in [-0.3, -0.25) is 9.48 Å². The molecule has 1 fully saturated rings. The minimum Gasteiger partial charge on any atom is -0.383 e. The van der Waals surface area contributed by atoms with Crippen molar-refractivity contribution < 1.29 is 26.7 Å². The number of nitrogens with two attached hydrogens (primary N) is 1. The lowest BCUT2D eigenvalue weighted by molar-refractivity contribution is -0.137. The number of aromatic nitrogens is 3. The van der Waals surface area contributed by atoms with Crippen molar-refractivity contribution in [1.82, 2.24) is 19.7 Å². The van der Waals surface area contributed by atoms with E-state index in [0.717, 1.165) is 24.2 Å². The number of nitrogen functional groups attached to an aromatic ring is 1. The first kappa shape index (κ1) is 24.2. The van der Waals surface area contributed by atoms with Crippen LogP contribution in [0, 0.1) is 11.6 Å².